The molecule has 1 heterocycles. The summed E-state index contributed by atoms with van der Waals surface area (Å²) in [4.78, 5) is 43.2. The maximum Gasteiger partial charge on any atom is 0.257 e. The van der Waals surface area contributed by atoms with Crippen molar-refractivity contribution in [3.63, 3.8) is 0 Å². The molecule has 0 N–H and O–H groups in total. The van der Waals surface area contributed by atoms with Gasteiger partial charge in [0.05, 0.1) is 33.4 Å². The van der Waals surface area contributed by atoms with Gasteiger partial charge in [-0.2, -0.15) is 0 Å². The van der Waals surface area contributed by atoms with Crippen molar-refractivity contribution in [1.29, 1.82) is 0 Å². The number of hydrogen-bond acceptors (Lipinski definition) is 6. The first kappa shape index (κ1) is 23.6. The Morgan fingerprint density at radius 3 is 2.18 bits per heavy atom. The number of nitrogens with zero attached hydrogens (tertiary/aromatic N) is 2. The molecule has 8 heteroatoms. The van der Waals surface area contributed by atoms with E-state index in [0.29, 0.717) is 28.5 Å². The largest absolute Gasteiger partial charge is 0.497 e. The van der Waals surface area contributed by atoms with Gasteiger partial charge in [0.15, 0.2) is 11.5 Å². The summed E-state index contributed by atoms with van der Waals surface area (Å²) >= 11 is 0. The van der Waals surface area contributed by atoms with E-state index in [-0.39, 0.29) is 30.2 Å². The van der Waals surface area contributed by atoms with Gasteiger partial charge in [0.2, 0.25) is 5.91 Å². The van der Waals surface area contributed by atoms with Crippen LogP contribution in [0.25, 0.3) is 0 Å². The molecule has 1 aliphatic heterocycles. The SMILES string of the molecule is COc1ccc(N2C(=O)CC(N(C(=O)c3ccc(OC)c(OC)c3)C3CCCCC3)C2=O)cc1. The monoisotopic (exact) mass is 466 g/mol. The van der Waals surface area contributed by atoms with Crippen LogP contribution in [0, 0.1) is 0 Å². The summed E-state index contributed by atoms with van der Waals surface area (Å²) in [6.45, 7) is 0. The zero-order valence-corrected chi connectivity index (χ0v) is 19.8. The van der Waals surface area contributed by atoms with Gasteiger partial charge in [0.25, 0.3) is 11.8 Å². The Hall–Kier alpha value is -3.55. The predicted octanol–water partition coefficient (Wildman–Crippen LogP) is 3.82. The lowest BCUT2D eigenvalue weighted by molar-refractivity contribution is -0.123. The van der Waals surface area contributed by atoms with Crippen molar-refractivity contribution < 1.29 is 28.6 Å². The normalized spacial score (nSPS) is 18.7. The van der Waals surface area contributed by atoms with Crippen LogP contribution in [0.3, 0.4) is 0 Å². The molecule has 1 saturated carbocycles. The molecule has 0 aromatic heterocycles. The molecule has 2 fully saturated rings. The lowest BCUT2D eigenvalue weighted by Gasteiger charge is -2.37. The minimum Gasteiger partial charge on any atom is -0.497 e. The summed E-state index contributed by atoms with van der Waals surface area (Å²) in [5.41, 5.74) is 0.867. The molecule has 0 spiro atoms. The summed E-state index contributed by atoms with van der Waals surface area (Å²) < 4.78 is 15.8. The Kier molecular flexibility index (Phi) is 7.05. The average molecular weight is 467 g/mol. The van der Waals surface area contributed by atoms with Crippen LogP contribution in [0.15, 0.2) is 42.5 Å². The maximum atomic E-state index is 13.8. The Balaban J connectivity index is 1.68. The van der Waals surface area contributed by atoms with Gasteiger partial charge in [-0.25, -0.2) is 4.90 Å². The minimum atomic E-state index is -0.849. The van der Waals surface area contributed by atoms with E-state index >= 15 is 0 Å². The molecular formula is C26H30N2O6. The molecule has 180 valence electrons. The highest BCUT2D eigenvalue weighted by molar-refractivity contribution is 6.23. The van der Waals surface area contributed by atoms with Crippen molar-refractivity contribution in [3.8, 4) is 17.2 Å². The van der Waals surface area contributed by atoms with Crippen molar-refractivity contribution in [1.82, 2.24) is 4.90 Å². The van der Waals surface area contributed by atoms with E-state index in [9.17, 15) is 14.4 Å². The van der Waals surface area contributed by atoms with Gasteiger partial charge < -0.3 is 19.1 Å². The molecule has 2 aliphatic rings. The summed E-state index contributed by atoms with van der Waals surface area (Å²) in [5, 5.41) is 0. The number of ether oxygens (including phenoxy) is 3. The molecule has 3 amide bonds. The van der Waals surface area contributed by atoms with E-state index in [1.807, 2.05) is 0 Å². The van der Waals surface area contributed by atoms with Crippen molar-refractivity contribution in [2.75, 3.05) is 26.2 Å². The van der Waals surface area contributed by atoms with Gasteiger partial charge in [0.1, 0.15) is 11.8 Å². The molecule has 34 heavy (non-hydrogen) atoms. The van der Waals surface area contributed by atoms with Crippen LogP contribution >= 0.6 is 0 Å². The van der Waals surface area contributed by atoms with E-state index in [1.165, 1.54) is 19.1 Å². The highest BCUT2D eigenvalue weighted by atomic mass is 16.5. The number of amides is 3. The molecule has 4 rings (SSSR count). The number of imide groups is 1. The molecule has 0 bridgehead atoms. The maximum absolute atomic E-state index is 13.8. The quantitative estimate of drug-likeness (QED) is 0.577. The van der Waals surface area contributed by atoms with Gasteiger partial charge in [-0.15, -0.1) is 0 Å². The van der Waals surface area contributed by atoms with Gasteiger partial charge in [-0.3, -0.25) is 14.4 Å². The van der Waals surface area contributed by atoms with Crippen LogP contribution < -0.4 is 19.1 Å². The van der Waals surface area contributed by atoms with Crippen molar-refractivity contribution in [3.05, 3.63) is 48.0 Å². The molecule has 1 unspecified atom stereocenters. The van der Waals surface area contributed by atoms with E-state index in [2.05, 4.69) is 0 Å². The van der Waals surface area contributed by atoms with E-state index in [0.717, 1.165) is 32.1 Å². The molecule has 2 aromatic carbocycles. The zero-order valence-electron chi connectivity index (χ0n) is 19.8. The van der Waals surface area contributed by atoms with E-state index in [4.69, 9.17) is 14.2 Å². The predicted molar refractivity (Wildman–Crippen MR) is 126 cm³/mol. The first-order chi connectivity index (χ1) is 16.5. The van der Waals surface area contributed by atoms with E-state index < -0.39 is 6.04 Å². The second-order valence-electron chi connectivity index (χ2n) is 8.56. The van der Waals surface area contributed by atoms with Crippen LogP contribution in [0.5, 0.6) is 17.2 Å². The van der Waals surface area contributed by atoms with Gasteiger partial charge in [-0.1, -0.05) is 19.3 Å². The molecule has 1 saturated heterocycles. The smallest absolute Gasteiger partial charge is 0.257 e. The van der Waals surface area contributed by atoms with Gasteiger partial charge in [0, 0.05) is 11.6 Å². The van der Waals surface area contributed by atoms with Gasteiger partial charge >= 0.3 is 0 Å². The number of carbonyl (C=O) groups excluding carboxylic acids is 3. The zero-order chi connectivity index (χ0) is 24.2. The first-order valence-electron chi connectivity index (χ1n) is 11.5. The summed E-state index contributed by atoms with van der Waals surface area (Å²) in [7, 11) is 4.60. The Bertz CT molecular complexity index is 1060. The molecule has 1 aliphatic carbocycles. The first-order valence-corrected chi connectivity index (χ1v) is 11.5. The fourth-order valence-corrected chi connectivity index (χ4v) is 4.88. The summed E-state index contributed by atoms with van der Waals surface area (Å²) in [6.07, 6.45) is 4.64. The lowest BCUT2D eigenvalue weighted by Crippen LogP contribution is -2.51. The fraction of sp³-hybridized carbons (Fsp3) is 0.423. The Morgan fingerprint density at radius 2 is 1.56 bits per heavy atom. The fourth-order valence-electron chi connectivity index (χ4n) is 4.88. The summed E-state index contributed by atoms with van der Waals surface area (Å²) in [6, 6.07) is 10.8. The summed E-state index contributed by atoms with van der Waals surface area (Å²) in [5.74, 6) is 0.602. The molecule has 1 atom stereocenters. The third-order valence-electron chi connectivity index (χ3n) is 6.62. The third kappa shape index (κ3) is 4.44. The minimum absolute atomic E-state index is 0.0413. The molecule has 2 aromatic rings. The third-order valence-corrected chi connectivity index (χ3v) is 6.62. The highest BCUT2D eigenvalue weighted by Crippen LogP contribution is 2.34. The number of carbonyl (C=O) groups is 3. The topological polar surface area (TPSA) is 85.4 Å². The van der Waals surface area contributed by atoms with E-state index in [1.54, 1.807) is 54.5 Å². The number of rotatable bonds is 7. The Morgan fingerprint density at radius 1 is 0.882 bits per heavy atom. The van der Waals surface area contributed by atoms with Gasteiger partial charge in [-0.05, 0) is 55.3 Å². The lowest BCUT2D eigenvalue weighted by atomic mass is 9.92. The molecule has 8 nitrogen and oxygen atoms in total. The number of anilines is 1. The van der Waals surface area contributed by atoms with Crippen molar-refractivity contribution >= 4 is 23.4 Å². The molecule has 0 radical (unpaired) electrons. The Labute approximate surface area is 199 Å². The number of hydrogen-bond donors (Lipinski definition) is 0. The van der Waals surface area contributed by atoms with Crippen LogP contribution in [-0.4, -0.2) is 56.0 Å². The van der Waals surface area contributed by atoms with Crippen LogP contribution in [-0.2, 0) is 9.59 Å². The second kappa shape index (κ2) is 10.2. The molecular weight excluding hydrogens is 436 g/mol. The number of benzene rings is 2. The second-order valence-corrected chi connectivity index (χ2v) is 8.56. The van der Waals surface area contributed by atoms with Crippen molar-refractivity contribution in [2.24, 2.45) is 0 Å². The van der Waals surface area contributed by atoms with Crippen molar-refractivity contribution in [2.45, 2.75) is 50.6 Å². The average Bonchev–Trinajstić information content (AvgIpc) is 3.17. The van der Waals surface area contributed by atoms with Crippen LogP contribution in [0.4, 0.5) is 5.69 Å². The highest BCUT2D eigenvalue weighted by Gasteiger charge is 2.46. The van der Waals surface area contributed by atoms with Crippen LogP contribution in [0.1, 0.15) is 48.9 Å². The standard InChI is InChI=1S/C26H30N2O6/c1-32-20-12-10-19(11-13-20)28-24(29)16-21(26(28)31)27(18-7-5-4-6-8-18)25(30)17-9-14-22(33-2)23(15-17)34-3/h9-15,18,21H,4-8,16H2,1-3H3. The van der Waals surface area contributed by atoms with Crippen LogP contribution in [0.2, 0.25) is 0 Å². The number of methoxy groups -OCH3 is 3.